The number of thioether (sulfide) groups is 1. The summed E-state index contributed by atoms with van der Waals surface area (Å²) in [6.07, 6.45) is 3.19. The molecule has 1 amide bonds. The fraction of sp³-hybridized carbons (Fsp3) is 0.211. The van der Waals surface area contributed by atoms with Crippen LogP contribution in [0.1, 0.15) is 22.0 Å². The van der Waals surface area contributed by atoms with Crippen LogP contribution in [0, 0.1) is 0 Å². The number of rotatable bonds is 5. The SMILES string of the molecule is CSc1ccccc1C(=O)NCC(O)c1ccc2c(ccn2C)c1. The number of carbonyl (C=O) groups excluding carboxylic acids is 1. The molecular formula is C19H20N2O2S. The number of benzene rings is 2. The molecule has 0 aliphatic rings. The lowest BCUT2D eigenvalue weighted by Crippen LogP contribution is -2.28. The first-order valence-electron chi connectivity index (χ1n) is 7.74. The van der Waals surface area contributed by atoms with Gasteiger partial charge in [-0.2, -0.15) is 0 Å². The molecule has 3 aromatic rings. The lowest BCUT2D eigenvalue weighted by molar-refractivity contribution is 0.0913. The van der Waals surface area contributed by atoms with Gasteiger partial charge in [-0.05, 0) is 47.5 Å². The molecule has 0 radical (unpaired) electrons. The Hall–Kier alpha value is -2.24. The predicted octanol–water partition coefficient (Wildman–Crippen LogP) is 3.36. The summed E-state index contributed by atoms with van der Waals surface area (Å²) in [6, 6.07) is 15.3. The number of hydrogen-bond acceptors (Lipinski definition) is 3. The van der Waals surface area contributed by atoms with Crippen molar-refractivity contribution in [3.05, 3.63) is 65.9 Å². The molecule has 1 heterocycles. The van der Waals surface area contributed by atoms with Gasteiger partial charge in [0.1, 0.15) is 0 Å². The Labute approximate surface area is 145 Å². The van der Waals surface area contributed by atoms with Gasteiger partial charge in [0, 0.05) is 30.2 Å². The fourth-order valence-electron chi connectivity index (χ4n) is 2.74. The monoisotopic (exact) mass is 340 g/mol. The van der Waals surface area contributed by atoms with Crippen LogP contribution in [-0.4, -0.2) is 28.4 Å². The average molecular weight is 340 g/mol. The molecule has 2 N–H and O–H groups in total. The first-order valence-corrected chi connectivity index (χ1v) is 8.97. The summed E-state index contributed by atoms with van der Waals surface area (Å²) < 4.78 is 2.03. The Balaban J connectivity index is 1.69. The molecule has 0 aliphatic heterocycles. The number of nitrogens with zero attached hydrogens (tertiary/aromatic N) is 1. The van der Waals surface area contributed by atoms with Crippen molar-refractivity contribution in [2.75, 3.05) is 12.8 Å². The van der Waals surface area contributed by atoms with Crippen molar-refractivity contribution in [2.45, 2.75) is 11.0 Å². The van der Waals surface area contributed by atoms with E-state index in [1.807, 2.05) is 66.5 Å². The largest absolute Gasteiger partial charge is 0.387 e. The molecule has 4 nitrogen and oxygen atoms in total. The molecule has 0 aliphatic carbocycles. The summed E-state index contributed by atoms with van der Waals surface area (Å²) >= 11 is 1.53. The number of amides is 1. The standard InChI is InChI=1S/C19H20N2O2S/c1-21-10-9-13-11-14(7-8-16(13)21)17(22)12-20-19(23)15-5-3-4-6-18(15)24-2/h3-11,17,22H,12H2,1-2H3,(H,20,23). The number of hydrogen-bond donors (Lipinski definition) is 2. The van der Waals surface area contributed by atoms with E-state index < -0.39 is 6.10 Å². The normalized spacial score (nSPS) is 12.3. The Morgan fingerprint density at radius 2 is 2.04 bits per heavy atom. The lowest BCUT2D eigenvalue weighted by Gasteiger charge is -2.14. The highest BCUT2D eigenvalue weighted by Crippen LogP contribution is 2.22. The van der Waals surface area contributed by atoms with Crippen LogP contribution in [-0.2, 0) is 7.05 Å². The van der Waals surface area contributed by atoms with Crippen LogP contribution in [0.25, 0.3) is 10.9 Å². The highest BCUT2D eigenvalue weighted by Gasteiger charge is 2.14. The zero-order valence-electron chi connectivity index (χ0n) is 13.7. The van der Waals surface area contributed by atoms with Crippen LogP contribution in [0.4, 0.5) is 0 Å². The molecule has 1 unspecified atom stereocenters. The molecule has 0 bridgehead atoms. The molecule has 1 aromatic heterocycles. The third-order valence-corrected chi connectivity index (χ3v) is 4.90. The molecule has 124 valence electrons. The summed E-state index contributed by atoms with van der Waals surface area (Å²) in [5.74, 6) is -0.167. The zero-order chi connectivity index (χ0) is 17.1. The maximum absolute atomic E-state index is 12.3. The van der Waals surface area contributed by atoms with E-state index >= 15 is 0 Å². The van der Waals surface area contributed by atoms with Crippen molar-refractivity contribution >= 4 is 28.6 Å². The summed E-state index contributed by atoms with van der Waals surface area (Å²) in [6.45, 7) is 0.180. The third-order valence-electron chi connectivity index (χ3n) is 4.10. The number of nitrogens with one attached hydrogen (secondary N) is 1. The fourth-order valence-corrected chi connectivity index (χ4v) is 3.34. The lowest BCUT2D eigenvalue weighted by atomic mass is 10.1. The van der Waals surface area contributed by atoms with Gasteiger partial charge < -0.3 is 15.0 Å². The Kier molecular flexibility index (Phi) is 4.92. The predicted molar refractivity (Wildman–Crippen MR) is 98.4 cm³/mol. The van der Waals surface area contributed by atoms with Crippen molar-refractivity contribution in [1.29, 1.82) is 0 Å². The van der Waals surface area contributed by atoms with Gasteiger partial charge in [-0.15, -0.1) is 11.8 Å². The van der Waals surface area contributed by atoms with Crippen molar-refractivity contribution < 1.29 is 9.90 Å². The van der Waals surface area contributed by atoms with E-state index in [1.54, 1.807) is 6.07 Å². The number of aromatic nitrogens is 1. The van der Waals surface area contributed by atoms with Gasteiger partial charge in [-0.1, -0.05) is 18.2 Å². The third kappa shape index (κ3) is 3.32. The van der Waals surface area contributed by atoms with Gasteiger partial charge in [0.15, 0.2) is 0 Å². The maximum Gasteiger partial charge on any atom is 0.252 e. The van der Waals surface area contributed by atoms with E-state index in [9.17, 15) is 9.90 Å². The maximum atomic E-state index is 12.3. The second kappa shape index (κ2) is 7.11. The first kappa shape index (κ1) is 16.6. The number of aryl methyl sites for hydroxylation is 1. The van der Waals surface area contributed by atoms with Gasteiger partial charge in [0.2, 0.25) is 0 Å². The van der Waals surface area contributed by atoms with Crippen molar-refractivity contribution in [3.63, 3.8) is 0 Å². The van der Waals surface area contributed by atoms with E-state index in [0.717, 1.165) is 21.4 Å². The van der Waals surface area contributed by atoms with Crippen LogP contribution < -0.4 is 5.32 Å². The molecule has 0 fully saturated rings. The van der Waals surface area contributed by atoms with Crippen molar-refractivity contribution in [1.82, 2.24) is 9.88 Å². The average Bonchev–Trinajstić information content (AvgIpc) is 2.99. The molecule has 0 saturated carbocycles. The van der Waals surface area contributed by atoms with Crippen molar-refractivity contribution in [3.8, 4) is 0 Å². The number of fused-ring (bicyclic) bond motifs is 1. The molecule has 5 heteroatoms. The van der Waals surface area contributed by atoms with Crippen LogP contribution in [0.2, 0.25) is 0 Å². The summed E-state index contributed by atoms with van der Waals surface area (Å²) in [4.78, 5) is 13.3. The molecule has 2 aromatic carbocycles. The highest BCUT2D eigenvalue weighted by molar-refractivity contribution is 7.98. The summed E-state index contributed by atoms with van der Waals surface area (Å²) in [7, 11) is 1.99. The Morgan fingerprint density at radius 3 is 2.83 bits per heavy atom. The first-order chi connectivity index (χ1) is 11.6. The quantitative estimate of drug-likeness (QED) is 0.700. The Morgan fingerprint density at radius 1 is 1.25 bits per heavy atom. The summed E-state index contributed by atoms with van der Waals surface area (Å²) in [5, 5.41) is 14.3. The molecule has 0 spiro atoms. The molecule has 0 saturated heterocycles. The second-order valence-corrected chi connectivity index (χ2v) is 6.52. The number of aliphatic hydroxyl groups is 1. The Bertz CT molecular complexity index is 873. The van der Waals surface area contributed by atoms with Crippen LogP contribution >= 0.6 is 11.8 Å². The van der Waals surface area contributed by atoms with Gasteiger partial charge in [-0.3, -0.25) is 4.79 Å². The van der Waals surface area contributed by atoms with Crippen LogP contribution in [0.5, 0.6) is 0 Å². The van der Waals surface area contributed by atoms with E-state index in [-0.39, 0.29) is 12.5 Å². The van der Waals surface area contributed by atoms with E-state index in [1.165, 1.54) is 11.8 Å². The van der Waals surface area contributed by atoms with E-state index in [4.69, 9.17) is 0 Å². The molecular weight excluding hydrogens is 320 g/mol. The highest BCUT2D eigenvalue weighted by atomic mass is 32.2. The van der Waals surface area contributed by atoms with E-state index in [2.05, 4.69) is 5.32 Å². The minimum absolute atomic E-state index is 0.167. The van der Waals surface area contributed by atoms with E-state index in [0.29, 0.717) is 5.56 Å². The molecule has 1 atom stereocenters. The van der Waals surface area contributed by atoms with Gasteiger partial charge in [-0.25, -0.2) is 0 Å². The minimum atomic E-state index is -0.736. The summed E-state index contributed by atoms with van der Waals surface area (Å²) in [5.41, 5.74) is 2.55. The second-order valence-electron chi connectivity index (χ2n) is 5.67. The van der Waals surface area contributed by atoms with Crippen molar-refractivity contribution in [2.24, 2.45) is 7.05 Å². The van der Waals surface area contributed by atoms with Gasteiger partial charge in [0.25, 0.3) is 5.91 Å². The van der Waals surface area contributed by atoms with Gasteiger partial charge in [0.05, 0.1) is 11.7 Å². The smallest absolute Gasteiger partial charge is 0.252 e. The molecule has 3 rings (SSSR count). The van der Waals surface area contributed by atoms with Crippen LogP contribution in [0.3, 0.4) is 0 Å². The topological polar surface area (TPSA) is 54.3 Å². The zero-order valence-corrected chi connectivity index (χ0v) is 14.5. The number of aliphatic hydroxyl groups excluding tert-OH is 1. The van der Waals surface area contributed by atoms with Gasteiger partial charge >= 0.3 is 0 Å². The minimum Gasteiger partial charge on any atom is -0.387 e. The number of carbonyl (C=O) groups is 1. The van der Waals surface area contributed by atoms with Crippen LogP contribution in [0.15, 0.2) is 59.6 Å². The molecule has 24 heavy (non-hydrogen) atoms.